The molecule has 0 N–H and O–H groups in total. The van der Waals surface area contributed by atoms with Crippen molar-refractivity contribution in [2.45, 2.75) is 11.3 Å². The SMILES string of the molecule is COc1cc(C(=O)N2CCCN2C(=O)c2ccccc2S(C)(=O)=O)c([N+](=O)[O-])c(OC)c1OC. The van der Waals surface area contributed by atoms with Gasteiger partial charge in [-0.05, 0) is 18.6 Å². The minimum absolute atomic E-state index is 0.0211. The van der Waals surface area contributed by atoms with Gasteiger partial charge in [-0.15, -0.1) is 0 Å². The lowest BCUT2D eigenvalue weighted by molar-refractivity contribution is -0.386. The smallest absolute Gasteiger partial charge is 0.327 e. The summed E-state index contributed by atoms with van der Waals surface area (Å²) in [6.07, 6.45) is 1.36. The Labute approximate surface area is 195 Å². The predicted molar refractivity (Wildman–Crippen MR) is 119 cm³/mol. The number of carbonyl (C=O) groups excluding carboxylic acids is 2. The quantitative estimate of drug-likeness (QED) is 0.417. The Hall–Kier alpha value is -3.87. The standard InChI is InChI=1S/C21H23N3O9S/c1-31-15-12-14(17(24(27)28)19(33-3)18(15)32-2)21(26)23-11-7-10-22(23)20(25)13-8-5-6-9-16(13)34(4,29)30/h5-6,8-9,12H,7,10-11H2,1-4H3. The molecule has 12 nitrogen and oxygen atoms in total. The topological polar surface area (TPSA) is 146 Å². The van der Waals surface area contributed by atoms with E-state index < -0.39 is 32.3 Å². The summed E-state index contributed by atoms with van der Waals surface area (Å²) in [5.74, 6) is -1.93. The van der Waals surface area contributed by atoms with Crippen LogP contribution < -0.4 is 14.2 Å². The van der Waals surface area contributed by atoms with Crippen molar-refractivity contribution in [3.05, 3.63) is 51.6 Å². The maximum Gasteiger partial charge on any atom is 0.327 e. The van der Waals surface area contributed by atoms with Crippen LogP contribution in [-0.2, 0) is 9.84 Å². The molecule has 1 fully saturated rings. The molecule has 34 heavy (non-hydrogen) atoms. The third kappa shape index (κ3) is 4.33. The molecule has 3 rings (SSSR count). The van der Waals surface area contributed by atoms with E-state index in [-0.39, 0.29) is 46.4 Å². The Kier molecular flexibility index (Phi) is 6.96. The lowest BCUT2D eigenvalue weighted by Crippen LogP contribution is -2.45. The van der Waals surface area contributed by atoms with Crippen LogP contribution in [-0.4, -0.2) is 75.8 Å². The first-order chi connectivity index (χ1) is 16.1. The summed E-state index contributed by atoms with van der Waals surface area (Å²) >= 11 is 0. The van der Waals surface area contributed by atoms with Crippen LogP contribution in [0.3, 0.4) is 0 Å². The monoisotopic (exact) mass is 493 g/mol. The molecule has 0 atom stereocenters. The van der Waals surface area contributed by atoms with Gasteiger partial charge >= 0.3 is 5.69 Å². The van der Waals surface area contributed by atoms with Crippen LogP contribution in [0.2, 0.25) is 0 Å². The fraction of sp³-hybridized carbons (Fsp3) is 0.333. The summed E-state index contributed by atoms with van der Waals surface area (Å²) in [6.45, 7) is 0.195. The lowest BCUT2D eigenvalue weighted by atomic mass is 10.1. The Morgan fingerprint density at radius 1 is 0.941 bits per heavy atom. The summed E-state index contributed by atoms with van der Waals surface area (Å²) in [7, 11) is 0.0244. The van der Waals surface area contributed by atoms with Crippen molar-refractivity contribution in [2.24, 2.45) is 0 Å². The zero-order valence-electron chi connectivity index (χ0n) is 18.9. The van der Waals surface area contributed by atoms with Gasteiger partial charge < -0.3 is 14.2 Å². The van der Waals surface area contributed by atoms with Gasteiger partial charge in [0.1, 0.15) is 5.56 Å². The number of hydrogen-bond donors (Lipinski definition) is 0. The zero-order chi connectivity index (χ0) is 25.2. The Bertz CT molecular complexity index is 1260. The molecule has 0 saturated carbocycles. The lowest BCUT2D eigenvalue weighted by Gasteiger charge is -2.28. The molecule has 2 aromatic rings. The Balaban J connectivity index is 2.11. The first-order valence-electron chi connectivity index (χ1n) is 9.96. The third-order valence-electron chi connectivity index (χ3n) is 5.23. The van der Waals surface area contributed by atoms with Gasteiger partial charge in [0, 0.05) is 25.4 Å². The number of nitrogens with zero attached hydrogens (tertiary/aromatic N) is 3. The van der Waals surface area contributed by atoms with Gasteiger partial charge in [0.05, 0.1) is 36.7 Å². The van der Waals surface area contributed by atoms with Crippen molar-refractivity contribution in [2.75, 3.05) is 40.7 Å². The second-order valence-electron chi connectivity index (χ2n) is 7.28. The van der Waals surface area contributed by atoms with Crippen LogP contribution in [0.4, 0.5) is 5.69 Å². The number of ether oxygens (including phenoxy) is 3. The molecule has 1 heterocycles. The molecule has 1 aliphatic rings. The minimum atomic E-state index is -3.73. The number of nitro groups is 1. The number of nitro benzene ring substituents is 1. The molecule has 2 aromatic carbocycles. The van der Waals surface area contributed by atoms with Crippen molar-refractivity contribution in [3.63, 3.8) is 0 Å². The average molecular weight is 493 g/mol. The number of amides is 2. The third-order valence-corrected chi connectivity index (χ3v) is 6.39. The average Bonchev–Trinajstić information content (AvgIpc) is 3.30. The van der Waals surface area contributed by atoms with Gasteiger partial charge in [-0.1, -0.05) is 12.1 Å². The number of hydrogen-bond acceptors (Lipinski definition) is 9. The van der Waals surface area contributed by atoms with E-state index in [1.807, 2.05) is 0 Å². The molecule has 1 saturated heterocycles. The van der Waals surface area contributed by atoms with Crippen LogP contribution in [0, 0.1) is 10.1 Å². The van der Waals surface area contributed by atoms with Crippen molar-refractivity contribution in [1.82, 2.24) is 10.0 Å². The number of rotatable bonds is 7. The first kappa shape index (κ1) is 24.8. The van der Waals surface area contributed by atoms with E-state index >= 15 is 0 Å². The molecule has 182 valence electrons. The van der Waals surface area contributed by atoms with Crippen molar-refractivity contribution >= 4 is 27.3 Å². The number of carbonyl (C=O) groups is 2. The highest BCUT2D eigenvalue weighted by molar-refractivity contribution is 7.90. The molecule has 0 aliphatic carbocycles. The fourth-order valence-electron chi connectivity index (χ4n) is 3.76. The summed E-state index contributed by atoms with van der Waals surface area (Å²) in [5, 5.41) is 14.0. The van der Waals surface area contributed by atoms with Crippen LogP contribution >= 0.6 is 0 Å². The molecule has 0 aromatic heterocycles. The summed E-state index contributed by atoms with van der Waals surface area (Å²) in [5.41, 5.74) is -1.14. The van der Waals surface area contributed by atoms with E-state index in [1.165, 1.54) is 45.6 Å². The summed E-state index contributed by atoms with van der Waals surface area (Å²) in [6, 6.07) is 6.79. The maximum absolute atomic E-state index is 13.5. The zero-order valence-corrected chi connectivity index (χ0v) is 19.7. The highest BCUT2D eigenvalue weighted by atomic mass is 32.2. The van der Waals surface area contributed by atoms with E-state index in [9.17, 15) is 28.1 Å². The highest BCUT2D eigenvalue weighted by Gasteiger charge is 2.39. The molecular formula is C21H23N3O9S. The van der Waals surface area contributed by atoms with Gasteiger partial charge in [0.2, 0.25) is 11.5 Å². The van der Waals surface area contributed by atoms with Gasteiger partial charge in [-0.2, -0.15) is 0 Å². The maximum atomic E-state index is 13.5. The number of sulfone groups is 1. The normalized spacial score (nSPS) is 13.5. The van der Waals surface area contributed by atoms with E-state index in [0.29, 0.717) is 6.42 Å². The van der Waals surface area contributed by atoms with Gasteiger partial charge in [-0.25, -0.2) is 18.4 Å². The van der Waals surface area contributed by atoms with Gasteiger partial charge in [-0.3, -0.25) is 19.7 Å². The predicted octanol–water partition coefficient (Wildman–Crippen LogP) is 1.93. The van der Waals surface area contributed by atoms with Crippen LogP contribution in [0.15, 0.2) is 35.2 Å². The van der Waals surface area contributed by atoms with Crippen LogP contribution in [0.1, 0.15) is 27.1 Å². The number of hydrazine groups is 1. The largest absolute Gasteiger partial charge is 0.493 e. The molecule has 13 heteroatoms. The van der Waals surface area contributed by atoms with Gasteiger partial charge in [0.25, 0.3) is 11.8 Å². The van der Waals surface area contributed by atoms with E-state index in [0.717, 1.165) is 22.3 Å². The molecular weight excluding hydrogens is 470 g/mol. The second kappa shape index (κ2) is 9.55. The molecule has 2 amide bonds. The fourth-order valence-corrected chi connectivity index (χ4v) is 4.64. The number of methoxy groups -OCH3 is 3. The summed E-state index contributed by atoms with van der Waals surface area (Å²) < 4.78 is 39.9. The van der Waals surface area contributed by atoms with E-state index in [1.54, 1.807) is 0 Å². The molecule has 0 bridgehead atoms. The summed E-state index contributed by atoms with van der Waals surface area (Å²) in [4.78, 5) is 37.7. The van der Waals surface area contributed by atoms with E-state index in [2.05, 4.69) is 0 Å². The van der Waals surface area contributed by atoms with E-state index in [4.69, 9.17) is 14.2 Å². The molecule has 0 radical (unpaired) electrons. The van der Waals surface area contributed by atoms with Crippen molar-refractivity contribution < 1.29 is 37.1 Å². The first-order valence-corrected chi connectivity index (χ1v) is 11.9. The van der Waals surface area contributed by atoms with Crippen molar-refractivity contribution in [3.8, 4) is 17.2 Å². The van der Waals surface area contributed by atoms with Crippen LogP contribution in [0.5, 0.6) is 17.2 Å². The highest BCUT2D eigenvalue weighted by Crippen LogP contribution is 2.46. The van der Waals surface area contributed by atoms with Gasteiger partial charge in [0.15, 0.2) is 15.6 Å². The minimum Gasteiger partial charge on any atom is -0.493 e. The van der Waals surface area contributed by atoms with Crippen molar-refractivity contribution in [1.29, 1.82) is 0 Å². The Morgan fingerprint density at radius 2 is 1.50 bits per heavy atom. The Morgan fingerprint density at radius 3 is 2.00 bits per heavy atom. The number of benzene rings is 2. The molecule has 0 unspecified atom stereocenters. The molecule has 0 spiro atoms. The second-order valence-corrected chi connectivity index (χ2v) is 9.26. The molecule has 1 aliphatic heterocycles. The van der Waals surface area contributed by atoms with Crippen LogP contribution in [0.25, 0.3) is 0 Å².